The van der Waals surface area contributed by atoms with Crippen molar-refractivity contribution < 1.29 is 4.74 Å². The maximum absolute atomic E-state index is 5.16. The number of methoxy groups -OCH3 is 1. The molecule has 0 fully saturated rings. The molecule has 0 N–H and O–H groups in total. The largest absolute Gasteiger partial charge is 0.383 e. The van der Waals surface area contributed by atoms with E-state index in [0.717, 1.165) is 29.1 Å². The Hall–Kier alpha value is -2.13. The van der Waals surface area contributed by atoms with E-state index in [1.54, 1.807) is 7.11 Å². The molecule has 1 aromatic heterocycles. The SMILES string of the molecule is C=C(/C=C\C)c1cc(-c2ccccc2)n(CCOC)n1. The minimum Gasteiger partial charge on any atom is -0.383 e. The number of benzene rings is 1. The molecule has 0 saturated carbocycles. The van der Waals surface area contributed by atoms with Crippen molar-refractivity contribution in [3.8, 4) is 11.3 Å². The highest BCUT2D eigenvalue weighted by Gasteiger charge is 2.10. The molecule has 0 radical (unpaired) electrons. The van der Waals surface area contributed by atoms with Gasteiger partial charge < -0.3 is 4.74 Å². The monoisotopic (exact) mass is 268 g/mol. The number of allylic oxidation sites excluding steroid dienone is 3. The summed E-state index contributed by atoms with van der Waals surface area (Å²) in [5, 5.41) is 4.63. The second kappa shape index (κ2) is 6.87. The second-order valence-electron chi connectivity index (χ2n) is 4.52. The molecular formula is C17H20N2O. The van der Waals surface area contributed by atoms with Crippen molar-refractivity contribution in [1.29, 1.82) is 0 Å². The first-order valence-corrected chi connectivity index (χ1v) is 6.70. The molecule has 0 saturated heterocycles. The molecular weight excluding hydrogens is 248 g/mol. The second-order valence-corrected chi connectivity index (χ2v) is 4.52. The standard InChI is InChI=1S/C17H20N2O/c1-4-8-14(2)16-13-17(15-9-6-5-7-10-15)19(18-16)11-12-20-3/h4-10,13H,2,11-12H2,1,3H3/b8-4-. The predicted molar refractivity (Wildman–Crippen MR) is 83.4 cm³/mol. The third kappa shape index (κ3) is 3.25. The third-order valence-electron chi connectivity index (χ3n) is 3.05. The van der Waals surface area contributed by atoms with Gasteiger partial charge in [0.15, 0.2) is 0 Å². The summed E-state index contributed by atoms with van der Waals surface area (Å²) in [6.07, 6.45) is 3.94. The first-order chi connectivity index (χ1) is 9.76. The van der Waals surface area contributed by atoms with Crippen LogP contribution in [0, 0.1) is 0 Å². The fourth-order valence-electron chi connectivity index (χ4n) is 2.05. The smallest absolute Gasteiger partial charge is 0.0923 e. The third-order valence-corrected chi connectivity index (χ3v) is 3.05. The first-order valence-electron chi connectivity index (χ1n) is 6.70. The van der Waals surface area contributed by atoms with Gasteiger partial charge in [-0.3, -0.25) is 4.68 Å². The molecule has 0 bridgehead atoms. The van der Waals surface area contributed by atoms with Crippen LogP contribution < -0.4 is 0 Å². The van der Waals surface area contributed by atoms with Crippen LogP contribution in [0.15, 0.2) is 55.1 Å². The van der Waals surface area contributed by atoms with Crippen LogP contribution in [0.25, 0.3) is 16.8 Å². The van der Waals surface area contributed by atoms with Gasteiger partial charge in [0.05, 0.1) is 24.5 Å². The number of nitrogens with zero attached hydrogens (tertiary/aromatic N) is 2. The molecule has 0 atom stereocenters. The minimum atomic E-state index is 0.636. The average Bonchev–Trinajstić information content (AvgIpc) is 2.90. The summed E-state index contributed by atoms with van der Waals surface area (Å²) in [7, 11) is 1.70. The van der Waals surface area contributed by atoms with Gasteiger partial charge in [-0.2, -0.15) is 5.10 Å². The van der Waals surface area contributed by atoms with Gasteiger partial charge in [0.2, 0.25) is 0 Å². The van der Waals surface area contributed by atoms with Gasteiger partial charge in [-0.15, -0.1) is 0 Å². The Morgan fingerprint density at radius 3 is 2.75 bits per heavy atom. The molecule has 0 aliphatic rings. The predicted octanol–water partition coefficient (Wildman–Crippen LogP) is 3.79. The Kier molecular flexibility index (Phi) is 4.91. The zero-order valence-corrected chi connectivity index (χ0v) is 12.0. The molecule has 0 amide bonds. The summed E-state index contributed by atoms with van der Waals surface area (Å²) in [6.45, 7) is 7.39. The topological polar surface area (TPSA) is 27.1 Å². The lowest BCUT2D eigenvalue weighted by molar-refractivity contribution is 0.184. The van der Waals surface area contributed by atoms with Crippen LogP contribution in [-0.2, 0) is 11.3 Å². The average molecular weight is 268 g/mol. The number of rotatable bonds is 6. The zero-order chi connectivity index (χ0) is 14.4. The van der Waals surface area contributed by atoms with E-state index < -0.39 is 0 Å². The van der Waals surface area contributed by atoms with Gasteiger partial charge in [-0.25, -0.2) is 0 Å². The van der Waals surface area contributed by atoms with Crippen LogP contribution in [0.2, 0.25) is 0 Å². The molecule has 20 heavy (non-hydrogen) atoms. The molecule has 3 heteroatoms. The lowest BCUT2D eigenvalue weighted by Gasteiger charge is -2.06. The van der Waals surface area contributed by atoms with Crippen LogP contribution in [0.4, 0.5) is 0 Å². The van der Waals surface area contributed by atoms with E-state index in [-0.39, 0.29) is 0 Å². The highest BCUT2D eigenvalue weighted by atomic mass is 16.5. The van der Waals surface area contributed by atoms with Crippen LogP contribution in [0.3, 0.4) is 0 Å². The number of hydrogen-bond acceptors (Lipinski definition) is 2. The van der Waals surface area contributed by atoms with Crippen molar-refractivity contribution >= 4 is 5.57 Å². The molecule has 2 rings (SSSR count). The van der Waals surface area contributed by atoms with Crippen LogP contribution in [0.1, 0.15) is 12.6 Å². The fourth-order valence-corrected chi connectivity index (χ4v) is 2.05. The van der Waals surface area contributed by atoms with E-state index in [1.165, 1.54) is 0 Å². The van der Waals surface area contributed by atoms with Crippen LogP contribution in [-0.4, -0.2) is 23.5 Å². The van der Waals surface area contributed by atoms with Gasteiger partial charge in [0.1, 0.15) is 0 Å². The summed E-state index contributed by atoms with van der Waals surface area (Å²) in [5.41, 5.74) is 4.05. The summed E-state index contributed by atoms with van der Waals surface area (Å²) in [6, 6.07) is 12.3. The van der Waals surface area contributed by atoms with Gasteiger partial charge in [0, 0.05) is 7.11 Å². The lowest BCUT2D eigenvalue weighted by Crippen LogP contribution is -2.07. The van der Waals surface area contributed by atoms with Crippen molar-refractivity contribution in [2.45, 2.75) is 13.5 Å². The Labute approximate surface area is 120 Å². The van der Waals surface area contributed by atoms with Crippen molar-refractivity contribution in [1.82, 2.24) is 9.78 Å². The molecule has 3 nitrogen and oxygen atoms in total. The first kappa shape index (κ1) is 14.3. The van der Waals surface area contributed by atoms with E-state index in [2.05, 4.69) is 29.9 Å². The Morgan fingerprint density at radius 2 is 2.10 bits per heavy atom. The van der Waals surface area contributed by atoms with Crippen LogP contribution >= 0.6 is 0 Å². The van der Waals surface area contributed by atoms with E-state index in [9.17, 15) is 0 Å². The van der Waals surface area contributed by atoms with E-state index >= 15 is 0 Å². The molecule has 1 heterocycles. The van der Waals surface area contributed by atoms with E-state index in [4.69, 9.17) is 4.74 Å². The van der Waals surface area contributed by atoms with Gasteiger partial charge in [0.25, 0.3) is 0 Å². The molecule has 0 spiro atoms. The molecule has 0 aliphatic heterocycles. The molecule has 2 aromatic rings. The number of ether oxygens (including phenoxy) is 1. The summed E-state index contributed by atoms with van der Waals surface area (Å²) in [4.78, 5) is 0. The summed E-state index contributed by atoms with van der Waals surface area (Å²) >= 11 is 0. The molecule has 104 valence electrons. The van der Waals surface area contributed by atoms with Crippen molar-refractivity contribution in [2.75, 3.05) is 13.7 Å². The van der Waals surface area contributed by atoms with Gasteiger partial charge >= 0.3 is 0 Å². The van der Waals surface area contributed by atoms with E-state index in [0.29, 0.717) is 6.61 Å². The minimum absolute atomic E-state index is 0.636. The highest BCUT2D eigenvalue weighted by molar-refractivity contribution is 5.73. The Morgan fingerprint density at radius 1 is 1.35 bits per heavy atom. The maximum atomic E-state index is 5.16. The van der Waals surface area contributed by atoms with Gasteiger partial charge in [-0.05, 0) is 24.1 Å². The van der Waals surface area contributed by atoms with Crippen LogP contribution in [0.5, 0.6) is 0 Å². The zero-order valence-electron chi connectivity index (χ0n) is 12.0. The maximum Gasteiger partial charge on any atom is 0.0923 e. The normalized spacial score (nSPS) is 11.1. The Balaban J connectivity index is 2.40. The molecule has 0 aliphatic carbocycles. The Bertz CT molecular complexity index is 597. The fraction of sp³-hybridized carbons (Fsp3) is 0.235. The summed E-state index contributed by atoms with van der Waals surface area (Å²) in [5.74, 6) is 0. The quantitative estimate of drug-likeness (QED) is 0.745. The van der Waals surface area contributed by atoms with Gasteiger partial charge in [-0.1, -0.05) is 49.1 Å². The van der Waals surface area contributed by atoms with Crippen molar-refractivity contribution in [3.05, 3.63) is 60.8 Å². The number of hydrogen-bond donors (Lipinski definition) is 0. The van der Waals surface area contributed by atoms with E-state index in [1.807, 2.05) is 42.0 Å². The number of aromatic nitrogens is 2. The molecule has 0 unspecified atom stereocenters. The summed E-state index contributed by atoms with van der Waals surface area (Å²) < 4.78 is 7.13. The molecule has 1 aromatic carbocycles. The highest BCUT2D eigenvalue weighted by Crippen LogP contribution is 2.23. The van der Waals surface area contributed by atoms with Crippen molar-refractivity contribution in [3.63, 3.8) is 0 Å². The lowest BCUT2D eigenvalue weighted by atomic mass is 10.1. The van der Waals surface area contributed by atoms with Crippen molar-refractivity contribution in [2.24, 2.45) is 0 Å².